The standard InChI is InChI=1S/C26H35N3O.C23H31N3O.C19H22ClNO.C19H23NO2.C12H15NO2.C7H7.BrH.Cl2OS.Mg/c1-5-16-27-17-19-29(20-18-27)25(22-10-8-21(4)9-11-22)23-12-14-24(15-13-23)26(30)28(6-2)7-3;1-4-25(5-2)23(27)21-12-10-20(11-13-21)22(26-16-14-24-15-17-26)19-8-6-18(3)7-9-19;1-4-21(5-2)19(22)17-12-10-16(11-13-17)18(20)15-8-6-14(3)7-9-15;1-4-20(5-2)19(22)17-12-10-16(11-13-17)18(21)15-8-6-14(3)7-9-15;1-3-13(4-2)12(15)11-7-5-10(9-14)6-8-11;1-7-5-3-2-4-6-7;;1-4(2)3;/h5,8-15,25H,1,6-7,16-20H2,2-4H3;6-13,22,24H,4-5,14-17H2,1-3H3;6-13,18H,4-5H2,1-3H3;6-13,18,21H,4-5H2,1-3H3;5-9H,3-4H2,1-2H3;3-6H,1H3;1H;;/q;;;;;-1;;;+2/p-1. The summed E-state index contributed by atoms with van der Waals surface area (Å²) >= 11 is 6.54. The molecule has 2 aliphatic rings. The van der Waals surface area contributed by atoms with E-state index in [1.165, 1.54) is 44.5 Å². The zero-order valence-corrected chi connectivity index (χ0v) is 84.3. The van der Waals surface area contributed by atoms with Crippen molar-refractivity contribution >= 4 is 101 Å². The van der Waals surface area contributed by atoms with Gasteiger partial charge in [-0.25, -0.2) is 4.21 Å². The first kappa shape index (κ1) is 112. The van der Waals surface area contributed by atoms with Gasteiger partial charge in [-0.15, -0.1) is 18.2 Å². The maximum Gasteiger partial charge on any atom is 2.00 e. The zero-order valence-electron chi connectivity index (χ0n) is 78.2. The Hall–Kier alpha value is -8.97. The molecule has 0 bridgehead atoms. The van der Waals surface area contributed by atoms with Crippen LogP contribution in [0.1, 0.15) is 227 Å². The van der Waals surface area contributed by atoms with E-state index in [0.717, 1.165) is 143 Å². The summed E-state index contributed by atoms with van der Waals surface area (Å²) in [6.07, 6.45) is 2.09. The summed E-state index contributed by atoms with van der Waals surface area (Å²) in [7, 11) is 7.36. The van der Waals surface area contributed by atoms with E-state index in [1.807, 2.05) is 218 Å². The van der Waals surface area contributed by atoms with Gasteiger partial charge in [-0.05, 0) is 202 Å². The van der Waals surface area contributed by atoms with Crippen LogP contribution >= 0.6 is 33.0 Å². The maximum absolute atomic E-state index is 12.7. The molecule has 0 aliphatic carbocycles. The van der Waals surface area contributed by atoms with Gasteiger partial charge in [0.15, 0.2) is 0 Å². The summed E-state index contributed by atoms with van der Waals surface area (Å²) in [6, 6.07) is 82.9. The van der Waals surface area contributed by atoms with E-state index in [0.29, 0.717) is 48.4 Å². The Labute approximate surface area is 813 Å². The van der Waals surface area contributed by atoms with Gasteiger partial charge in [-0.3, -0.25) is 43.5 Å². The Bertz CT molecular complexity index is 4800. The van der Waals surface area contributed by atoms with Crippen molar-refractivity contribution in [3.8, 4) is 0 Å². The Morgan fingerprint density at radius 2 is 0.612 bits per heavy atom. The molecular formula is C106H133BrCl3MgN9O8S. The molecule has 4 unspecified atom stereocenters. The number of aryl methyl sites for hydroxylation is 5. The molecule has 17 nitrogen and oxygen atoms in total. The number of rotatable bonds is 28. The molecule has 129 heavy (non-hydrogen) atoms. The first-order valence-electron chi connectivity index (χ1n) is 44.4. The van der Waals surface area contributed by atoms with Gasteiger partial charge in [-0.2, -0.15) is 35.9 Å². The molecule has 2 N–H and O–H groups in total. The van der Waals surface area contributed by atoms with Gasteiger partial charge < -0.3 is 51.9 Å². The molecule has 0 aromatic heterocycles. The Balaban J connectivity index is 0.000000330. The third-order valence-corrected chi connectivity index (χ3v) is 23.0. The molecule has 2 saturated heterocycles. The number of amides is 5. The van der Waals surface area contributed by atoms with E-state index in [2.05, 4.69) is 167 Å². The fourth-order valence-corrected chi connectivity index (χ4v) is 15.1. The molecule has 686 valence electrons. The average molecular weight is 1900 g/mol. The summed E-state index contributed by atoms with van der Waals surface area (Å²) in [5.41, 5.74) is 19.2. The molecule has 2 aliphatic heterocycles. The molecule has 10 aromatic carbocycles. The van der Waals surface area contributed by atoms with Crippen LogP contribution in [0, 0.1) is 40.7 Å². The van der Waals surface area contributed by atoms with Crippen molar-refractivity contribution in [2.75, 3.05) is 124 Å². The van der Waals surface area contributed by atoms with E-state index >= 15 is 0 Å². The first-order valence-corrected chi connectivity index (χ1v) is 47.6. The normalized spacial score (nSPS) is 13.1. The number of hydrogen-bond acceptors (Lipinski definition) is 12. The Morgan fingerprint density at radius 3 is 0.860 bits per heavy atom. The minimum Gasteiger partial charge on any atom is -1.00 e. The molecular weight excluding hydrogens is 1770 g/mol. The van der Waals surface area contributed by atoms with E-state index in [4.69, 9.17) is 15.8 Å². The number of aliphatic hydroxyl groups excluding tert-OH is 1. The largest absolute Gasteiger partial charge is 2.00 e. The van der Waals surface area contributed by atoms with Crippen LogP contribution in [-0.4, -0.2) is 232 Å². The van der Waals surface area contributed by atoms with Crippen molar-refractivity contribution in [3.63, 3.8) is 0 Å². The number of nitrogens with zero attached hydrogens (tertiary/aromatic N) is 8. The summed E-state index contributed by atoms with van der Waals surface area (Å²) in [5.74, 6) is 0.328. The number of nitrogens with one attached hydrogen (secondary N) is 1. The van der Waals surface area contributed by atoms with Crippen molar-refractivity contribution in [2.24, 2.45) is 0 Å². The predicted octanol–water partition coefficient (Wildman–Crippen LogP) is 17.6. The molecule has 0 radical (unpaired) electrons. The fourth-order valence-electron chi connectivity index (χ4n) is 14.8. The van der Waals surface area contributed by atoms with Crippen LogP contribution in [-0.2, 0) is 9.23 Å². The van der Waals surface area contributed by atoms with Gasteiger partial charge in [0.1, 0.15) is 12.4 Å². The summed E-state index contributed by atoms with van der Waals surface area (Å²) < 4.78 is 9.09. The number of benzene rings is 10. The van der Waals surface area contributed by atoms with E-state index < -0.39 is 15.3 Å². The average Bonchev–Trinajstić information content (AvgIpc) is 0.788. The number of alkyl halides is 1. The number of carbonyl (C=O) groups is 6. The number of carbonyl (C=O) groups excluding carboxylic acids is 6. The van der Waals surface area contributed by atoms with Crippen LogP contribution in [0.4, 0.5) is 0 Å². The molecule has 4 atom stereocenters. The topological polar surface area (TPSA) is 178 Å². The van der Waals surface area contributed by atoms with Gasteiger partial charge >= 0.3 is 23.1 Å². The van der Waals surface area contributed by atoms with Crippen LogP contribution in [0.15, 0.2) is 255 Å². The summed E-state index contributed by atoms with van der Waals surface area (Å²) in [6.45, 7) is 50.5. The van der Waals surface area contributed by atoms with Gasteiger partial charge in [0, 0.05) is 179 Å². The first-order chi connectivity index (χ1) is 61.2. The van der Waals surface area contributed by atoms with Gasteiger partial charge in [0.2, 0.25) is 9.23 Å². The fraction of sp³-hybridized carbons (Fsp3) is 0.358. The molecule has 2 heterocycles. The third-order valence-electron chi connectivity index (χ3n) is 22.5. The number of aliphatic hydroxyl groups is 1. The molecule has 23 heteroatoms. The molecule has 5 amide bonds. The van der Waals surface area contributed by atoms with Crippen molar-refractivity contribution < 1.29 is 55.1 Å². The van der Waals surface area contributed by atoms with Crippen molar-refractivity contribution in [2.45, 2.75) is 127 Å². The van der Waals surface area contributed by atoms with Crippen LogP contribution in [0.2, 0.25) is 0 Å². The van der Waals surface area contributed by atoms with Crippen LogP contribution in [0.25, 0.3) is 0 Å². The number of aldehydes is 1. The molecule has 10 aromatic rings. The van der Waals surface area contributed by atoms with Gasteiger partial charge in [0.25, 0.3) is 29.5 Å². The molecule has 2 fully saturated rings. The van der Waals surface area contributed by atoms with E-state index in [1.54, 1.807) is 46.2 Å². The van der Waals surface area contributed by atoms with Gasteiger partial charge in [-0.1, -0.05) is 193 Å². The van der Waals surface area contributed by atoms with Crippen molar-refractivity contribution in [3.05, 3.63) is 367 Å². The molecule has 12 rings (SSSR count). The number of hydrogen-bond donors (Lipinski definition) is 2. The zero-order chi connectivity index (χ0) is 92.9. The van der Waals surface area contributed by atoms with E-state index in [-0.39, 0.29) is 87.0 Å². The number of piperazine rings is 2. The molecule has 0 spiro atoms. The third kappa shape index (κ3) is 36.3. The van der Waals surface area contributed by atoms with Crippen LogP contribution in [0.5, 0.6) is 0 Å². The monoisotopic (exact) mass is 1900 g/mol. The van der Waals surface area contributed by atoms with Crippen molar-refractivity contribution in [1.82, 2.24) is 44.5 Å². The second-order valence-corrected chi connectivity index (χ2v) is 34.0. The molecule has 0 saturated carbocycles. The second kappa shape index (κ2) is 60.9. The predicted molar refractivity (Wildman–Crippen MR) is 532 cm³/mol. The summed E-state index contributed by atoms with van der Waals surface area (Å²) in [4.78, 5) is 88.7. The smallest absolute Gasteiger partial charge is 1.00 e. The minimum absolute atomic E-state index is 0. The summed E-state index contributed by atoms with van der Waals surface area (Å²) in [5, 5.41) is 13.7. The van der Waals surface area contributed by atoms with Crippen LogP contribution in [0.3, 0.4) is 0 Å². The quantitative estimate of drug-likeness (QED) is 0.0119. The maximum atomic E-state index is 12.7. The Kier molecular flexibility index (Phi) is 53.0. The SMILES string of the molecule is C=CCN1CCN(C(c2ccc(C)cc2)c2ccc(C(=O)N(CC)CC)cc2)CC1.CCN(CC)C(=O)c1ccc(C(Cl)c2ccc(C)cc2)cc1.CCN(CC)C(=O)c1ccc(C(O)c2ccc(C)cc2)cc1.CCN(CC)C(=O)c1ccc(C(c2ccc(C)cc2)N2CCNCC2)cc1.CCN(CC)C(=O)c1ccc(C=O)cc1.Cc1cc[c-]cc1.O=S(Cl)Cl.[Br-].[Mg+2]. The van der Waals surface area contributed by atoms with E-state index in [9.17, 15) is 33.9 Å². The number of halogens is 4. The van der Waals surface area contributed by atoms with Crippen molar-refractivity contribution in [1.29, 1.82) is 0 Å². The van der Waals surface area contributed by atoms with Gasteiger partial charge in [0.05, 0.1) is 17.5 Å². The minimum atomic E-state index is -1.67. The Morgan fingerprint density at radius 1 is 0.388 bits per heavy atom. The van der Waals surface area contributed by atoms with Crippen LogP contribution < -0.4 is 22.3 Å². The second-order valence-electron chi connectivity index (χ2n) is 31.0.